The molecule has 0 aliphatic heterocycles. The standard InChI is InChI=1S/C15H19F2N3O/c1-3-9(2)13(18)14-19-8-11(20-14)10-6-4-5-7-12(10)21-15(16)17/h4-9,13,15H,3,18H2,1-2H3,(H,19,20). The van der Waals surface area contributed by atoms with Gasteiger partial charge in [0.2, 0.25) is 0 Å². The number of hydrogen-bond acceptors (Lipinski definition) is 3. The summed E-state index contributed by atoms with van der Waals surface area (Å²) < 4.78 is 29.4. The average molecular weight is 295 g/mol. The van der Waals surface area contributed by atoms with Gasteiger partial charge in [0.15, 0.2) is 0 Å². The molecule has 0 fully saturated rings. The van der Waals surface area contributed by atoms with Crippen LogP contribution < -0.4 is 10.5 Å². The maximum Gasteiger partial charge on any atom is 0.387 e. The van der Waals surface area contributed by atoms with Crippen molar-refractivity contribution in [3.05, 3.63) is 36.3 Å². The van der Waals surface area contributed by atoms with Gasteiger partial charge in [-0.2, -0.15) is 8.78 Å². The first-order chi connectivity index (χ1) is 10.0. The van der Waals surface area contributed by atoms with E-state index in [9.17, 15) is 8.78 Å². The third-order valence-corrected chi connectivity index (χ3v) is 3.56. The maximum absolute atomic E-state index is 12.4. The first-order valence-electron chi connectivity index (χ1n) is 6.87. The number of ether oxygens (including phenoxy) is 1. The Bertz CT molecular complexity index is 586. The van der Waals surface area contributed by atoms with Crippen LogP contribution in [-0.4, -0.2) is 16.6 Å². The van der Waals surface area contributed by atoms with Gasteiger partial charge in [0, 0.05) is 5.56 Å². The lowest BCUT2D eigenvalue weighted by atomic mass is 10.00. The fourth-order valence-corrected chi connectivity index (χ4v) is 2.05. The van der Waals surface area contributed by atoms with Crippen LogP contribution in [0.3, 0.4) is 0 Å². The summed E-state index contributed by atoms with van der Waals surface area (Å²) in [4.78, 5) is 7.36. The van der Waals surface area contributed by atoms with Crippen LogP contribution in [0.15, 0.2) is 30.5 Å². The van der Waals surface area contributed by atoms with E-state index in [1.165, 1.54) is 6.07 Å². The zero-order valence-electron chi connectivity index (χ0n) is 12.0. The molecular formula is C15H19F2N3O. The molecule has 3 N–H and O–H groups in total. The monoisotopic (exact) mass is 295 g/mol. The summed E-state index contributed by atoms with van der Waals surface area (Å²) in [5, 5.41) is 0. The Labute approximate surface area is 122 Å². The van der Waals surface area contributed by atoms with Gasteiger partial charge in [-0.25, -0.2) is 4.98 Å². The Morgan fingerprint density at radius 3 is 2.71 bits per heavy atom. The van der Waals surface area contributed by atoms with Gasteiger partial charge in [-0.05, 0) is 18.1 Å². The van der Waals surface area contributed by atoms with E-state index in [1.54, 1.807) is 24.4 Å². The van der Waals surface area contributed by atoms with Crippen LogP contribution in [-0.2, 0) is 0 Å². The van der Waals surface area contributed by atoms with Crippen molar-refractivity contribution in [2.45, 2.75) is 32.9 Å². The molecule has 6 heteroatoms. The highest BCUT2D eigenvalue weighted by molar-refractivity contribution is 5.66. The Hall–Kier alpha value is -1.95. The summed E-state index contributed by atoms with van der Waals surface area (Å²) in [6, 6.07) is 6.37. The maximum atomic E-state index is 12.4. The van der Waals surface area contributed by atoms with Gasteiger partial charge in [-0.15, -0.1) is 0 Å². The van der Waals surface area contributed by atoms with Gasteiger partial charge < -0.3 is 15.5 Å². The fourth-order valence-electron chi connectivity index (χ4n) is 2.05. The topological polar surface area (TPSA) is 63.9 Å². The summed E-state index contributed by atoms with van der Waals surface area (Å²) in [6.07, 6.45) is 2.52. The first-order valence-corrected chi connectivity index (χ1v) is 6.87. The van der Waals surface area contributed by atoms with Gasteiger partial charge in [0.25, 0.3) is 0 Å². The number of aromatic amines is 1. The minimum atomic E-state index is -2.86. The number of rotatable bonds is 6. The Balaban J connectivity index is 2.29. The molecule has 2 atom stereocenters. The second kappa shape index (κ2) is 6.67. The number of H-pyrrole nitrogens is 1. The van der Waals surface area contributed by atoms with Gasteiger partial charge in [-0.3, -0.25) is 0 Å². The number of nitrogens with two attached hydrogens (primary N) is 1. The molecule has 4 nitrogen and oxygen atoms in total. The van der Waals surface area contributed by atoms with Gasteiger partial charge in [-0.1, -0.05) is 32.4 Å². The summed E-state index contributed by atoms with van der Waals surface area (Å²) in [6.45, 7) is 1.23. The van der Waals surface area contributed by atoms with Crippen LogP contribution in [0.25, 0.3) is 11.3 Å². The molecule has 0 aliphatic carbocycles. The van der Waals surface area contributed by atoms with Crippen LogP contribution in [0.2, 0.25) is 0 Å². The molecule has 21 heavy (non-hydrogen) atoms. The molecule has 114 valence electrons. The largest absolute Gasteiger partial charge is 0.434 e. The Morgan fingerprint density at radius 1 is 1.33 bits per heavy atom. The van der Waals surface area contributed by atoms with E-state index in [1.807, 2.05) is 6.92 Å². The number of imidazole rings is 1. The molecule has 0 aliphatic rings. The van der Waals surface area contributed by atoms with E-state index in [4.69, 9.17) is 5.73 Å². The normalized spacial score (nSPS) is 14.2. The molecule has 2 unspecified atom stereocenters. The number of alkyl halides is 2. The number of halogens is 2. The summed E-state index contributed by atoms with van der Waals surface area (Å²) >= 11 is 0. The fraction of sp³-hybridized carbons (Fsp3) is 0.400. The number of hydrogen-bond donors (Lipinski definition) is 2. The zero-order valence-corrected chi connectivity index (χ0v) is 12.0. The SMILES string of the molecule is CCC(C)C(N)c1ncc(-c2ccccc2OC(F)F)[nH]1. The van der Waals surface area contributed by atoms with Crippen molar-refractivity contribution in [2.24, 2.45) is 11.7 Å². The number of nitrogens with one attached hydrogen (secondary N) is 1. The molecule has 0 saturated carbocycles. The third kappa shape index (κ3) is 3.58. The van der Waals surface area contributed by atoms with Crippen LogP contribution in [0.1, 0.15) is 32.1 Å². The molecule has 0 spiro atoms. The van der Waals surface area contributed by atoms with Crippen molar-refractivity contribution < 1.29 is 13.5 Å². The summed E-state index contributed by atoms with van der Waals surface area (Å²) in [5.41, 5.74) is 7.26. The molecule has 2 aromatic rings. The number of benzene rings is 1. The lowest BCUT2D eigenvalue weighted by Gasteiger charge is -2.15. The zero-order chi connectivity index (χ0) is 15.4. The predicted molar refractivity (Wildman–Crippen MR) is 77.0 cm³/mol. The van der Waals surface area contributed by atoms with Crippen molar-refractivity contribution in [1.82, 2.24) is 9.97 Å². The molecule has 0 amide bonds. The molecule has 1 heterocycles. The van der Waals surface area contributed by atoms with Gasteiger partial charge in [0.05, 0.1) is 17.9 Å². The first kappa shape index (κ1) is 15.4. The Kier molecular flexibility index (Phi) is 4.90. The highest BCUT2D eigenvalue weighted by atomic mass is 19.3. The van der Waals surface area contributed by atoms with Gasteiger partial charge in [0.1, 0.15) is 11.6 Å². The summed E-state index contributed by atoms with van der Waals surface area (Å²) in [7, 11) is 0. The van der Waals surface area contributed by atoms with Crippen LogP contribution in [0.5, 0.6) is 5.75 Å². The third-order valence-electron chi connectivity index (χ3n) is 3.56. The second-order valence-electron chi connectivity index (χ2n) is 4.97. The minimum Gasteiger partial charge on any atom is -0.434 e. The van der Waals surface area contributed by atoms with Gasteiger partial charge >= 0.3 is 6.61 Å². The predicted octanol–water partition coefficient (Wildman–Crippen LogP) is 3.72. The molecule has 0 bridgehead atoms. The van der Waals surface area contributed by atoms with E-state index in [0.717, 1.165) is 6.42 Å². The molecule has 1 aromatic carbocycles. The Morgan fingerprint density at radius 2 is 2.05 bits per heavy atom. The minimum absolute atomic E-state index is 0.111. The number of aromatic nitrogens is 2. The molecule has 0 saturated heterocycles. The van der Waals surface area contributed by atoms with Crippen LogP contribution >= 0.6 is 0 Å². The van der Waals surface area contributed by atoms with Crippen molar-refractivity contribution in [2.75, 3.05) is 0 Å². The van der Waals surface area contributed by atoms with Crippen LogP contribution in [0.4, 0.5) is 8.78 Å². The highest BCUT2D eigenvalue weighted by Gasteiger charge is 2.18. The quantitative estimate of drug-likeness (QED) is 0.853. The van der Waals surface area contributed by atoms with Crippen molar-refractivity contribution >= 4 is 0 Å². The number of para-hydroxylation sites is 1. The molecular weight excluding hydrogens is 276 g/mol. The second-order valence-corrected chi connectivity index (χ2v) is 4.97. The van der Waals surface area contributed by atoms with Crippen molar-refractivity contribution in [3.63, 3.8) is 0 Å². The van der Waals surface area contributed by atoms with Crippen molar-refractivity contribution in [3.8, 4) is 17.0 Å². The highest BCUT2D eigenvalue weighted by Crippen LogP contribution is 2.31. The average Bonchev–Trinajstić information content (AvgIpc) is 2.95. The van der Waals surface area contributed by atoms with E-state index in [2.05, 4.69) is 21.6 Å². The van der Waals surface area contributed by atoms with E-state index >= 15 is 0 Å². The smallest absolute Gasteiger partial charge is 0.387 e. The number of nitrogens with zero attached hydrogens (tertiary/aromatic N) is 1. The lowest BCUT2D eigenvalue weighted by molar-refractivity contribution is -0.0494. The van der Waals surface area contributed by atoms with E-state index in [0.29, 0.717) is 17.1 Å². The van der Waals surface area contributed by atoms with Crippen molar-refractivity contribution in [1.29, 1.82) is 0 Å². The van der Waals surface area contributed by atoms with Crippen LogP contribution in [0, 0.1) is 5.92 Å². The van der Waals surface area contributed by atoms with E-state index in [-0.39, 0.29) is 17.7 Å². The molecule has 0 radical (unpaired) electrons. The van der Waals surface area contributed by atoms with E-state index < -0.39 is 6.61 Å². The summed E-state index contributed by atoms with van der Waals surface area (Å²) in [5.74, 6) is 1.03. The lowest BCUT2D eigenvalue weighted by Crippen LogP contribution is -2.19. The molecule has 2 rings (SSSR count). The molecule has 1 aromatic heterocycles.